The Labute approximate surface area is 147 Å². The summed E-state index contributed by atoms with van der Waals surface area (Å²) in [5, 5.41) is 7.95. The van der Waals surface area contributed by atoms with Crippen molar-refractivity contribution in [2.75, 3.05) is 19.8 Å². The molecule has 0 bridgehead atoms. The van der Waals surface area contributed by atoms with E-state index in [2.05, 4.69) is 28.4 Å². The summed E-state index contributed by atoms with van der Waals surface area (Å²) in [7, 11) is 0. The predicted octanol–water partition coefficient (Wildman–Crippen LogP) is 2.40. The number of benzene rings is 1. The van der Waals surface area contributed by atoms with Crippen molar-refractivity contribution in [1.82, 2.24) is 15.1 Å². The summed E-state index contributed by atoms with van der Waals surface area (Å²) in [4.78, 5) is 14.7. The van der Waals surface area contributed by atoms with Crippen molar-refractivity contribution in [2.45, 2.75) is 45.1 Å². The van der Waals surface area contributed by atoms with Crippen LogP contribution < -0.4 is 0 Å². The second-order valence-corrected chi connectivity index (χ2v) is 6.82. The van der Waals surface area contributed by atoms with Crippen LogP contribution >= 0.6 is 0 Å². The van der Waals surface area contributed by atoms with Crippen LogP contribution in [0, 0.1) is 6.92 Å². The normalized spacial score (nSPS) is 20.4. The van der Waals surface area contributed by atoms with Crippen LogP contribution in [0.25, 0.3) is 0 Å². The number of aryl methyl sites for hydroxylation is 3. The van der Waals surface area contributed by atoms with Gasteiger partial charge in [-0.1, -0.05) is 18.2 Å². The van der Waals surface area contributed by atoms with Gasteiger partial charge in [0.15, 0.2) is 0 Å². The van der Waals surface area contributed by atoms with E-state index in [1.165, 1.54) is 24.0 Å². The zero-order valence-corrected chi connectivity index (χ0v) is 14.5. The van der Waals surface area contributed by atoms with Gasteiger partial charge in [0, 0.05) is 13.5 Å². The summed E-state index contributed by atoms with van der Waals surface area (Å²) < 4.78 is 11.1. The molecular formula is C19H23N3O3. The summed E-state index contributed by atoms with van der Waals surface area (Å²) in [6.07, 6.45) is 5.19. The van der Waals surface area contributed by atoms with Gasteiger partial charge in [-0.15, -0.1) is 10.2 Å². The molecule has 2 heterocycles. The number of rotatable bonds is 3. The highest BCUT2D eigenvalue weighted by atomic mass is 16.5. The molecule has 6 nitrogen and oxygen atoms in total. The molecule has 1 aromatic carbocycles. The summed E-state index contributed by atoms with van der Waals surface area (Å²) in [5.41, 5.74) is 3.92. The minimum absolute atomic E-state index is 0.0833. The van der Waals surface area contributed by atoms with Gasteiger partial charge in [0.2, 0.25) is 17.7 Å². The summed E-state index contributed by atoms with van der Waals surface area (Å²) >= 11 is 0. The van der Waals surface area contributed by atoms with E-state index in [4.69, 9.17) is 9.15 Å². The molecule has 0 saturated carbocycles. The molecule has 2 aliphatic rings. The molecule has 6 heteroatoms. The Morgan fingerprint density at radius 3 is 2.88 bits per heavy atom. The third kappa shape index (κ3) is 3.44. The minimum atomic E-state index is -0.292. The average Bonchev–Trinajstić information content (AvgIpc) is 3.08. The maximum atomic E-state index is 12.9. The lowest BCUT2D eigenvalue weighted by atomic mass is 9.90. The Morgan fingerprint density at radius 2 is 2.08 bits per heavy atom. The van der Waals surface area contributed by atoms with Crippen molar-refractivity contribution in [3.05, 3.63) is 46.7 Å². The smallest absolute Gasteiger partial charge is 0.241 e. The Hall–Kier alpha value is -2.21. The van der Waals surface area contributed by atoms with E-state index in [9.17, 15) is 4.79 Å². The van der Waals surface area contributed by atoms with Gasteiger partial charge in [0.1, 0.15) is 6.04 Å². The number of aromatic nitrogens is 2. The first-order chi connectivity index (χ1) is 12.2. The summed E-state index contributed by atoms with van der Waals surface area (Å²) in [6.45, 7) is 3.24. The van der Waals surface area contributed by atoms with Crippen LogP contribution in [0.3, 0.4) is 0 Å². The first-order valence-electron chi connectivity index (χ1n) is 8.98. The topological polar surface area (TPSA) is 68.5 Å². The van der Waals surface area contributed by atoms with E-state index in [1.54, 1.807) is 6.92 Å². The molecule has 132 valence electrons. The SMILES string of the molecule is Cc1nnc([C@H]2COCCN2C(=O)Cc2ccc3c(c2)CCCC3)o1. The number of carbonyl (C=O) groups excluding carboxylic acids is 1. The fraction of sp³-hybridized carbons (Fsp3) is 0.526. The zero-order chi connectivity index (χ0) is 17.2. The molecule has 0 N–H and O–H groups in total. The molecule has 1 atom stereocenters. The van der Waals surface area contributed by atoms with Crippen LogP contribution in [-0.2, 0) is 28.8 Å². The van der Waals surface area contributed by atoms with Gasteiger partial charge < -0.3 is 14.1 Å². The second kappa shape index (κ2) is 6.96. The van der Waals surface area contributed by atoms with Gasteiger partial charge in [0.25, 0.3) is 0 Å². The third-order valence-electron chi connectivity index (χ3n) is 5.04. The highest BCUT2D eigenvalue weighted by Crippen LogP contribution is 2.26. The molecule has 2 aromatic rings. The number of morpholine rings is 1. The number of hydrogen-bond donors (Lipinski definition) is 0. The summed E-state index contributed by atoms with van der Waals surface area (Å²) in [6, 6.07) is 6.20. The molecule has 1 aliphatic heterocycles. The highest BCUT2D eigenvalue weighted by molar-refractivity contribution is 5.79. The van der Waals surface area contributed by atoms with Gasteiger partial charge in [-0.2, -0.15) is 0 Å². The lowest BCUT2D eigenvalue weighted by Gasteiger charge is -2.33. The molecular weight excluding hydrogens is 318 g/mol. The highest BCUT2D eigenvalue weighted by Gasteiger charge is 2.32. The predicted molar refractivity (Wildman–Crippen MR) is 91.1 cm³/mol. The van der Waals surface area contributed by atoms with Crippen molar-refractivity contribution < 1.29 is 13.9 Å². The Morgan fingerprint density at radius 1 is 1.24 bits per heavy atom. The summed E-state index contributed by atoms with van der Waals surface area (Å²) in [5.74, 6) is 1.04. The Balaban J connectivity index is 1.51. The largest absolute Gasteiger partial charge is 0.423 e. The van der Waals surface area contributed by atoms with E-state index >= 15 is 0 Å². The van der Waals surface area contributed by atoms with Crippen molar-refractivity contribution in [2.24, 2.45) is 0 Å². The van der Waals surface area contributed by atoms with E-state index in [-0.39, 0.29) is 11.9 Å². The monoisotopic (exact) mass is 341 g/mol. The number of nitrogens with zero attached hydrogens (tertiary/aromatic N) is 3. The lowest BCUT2D eigenvalue weighted by molar-refractivity contribution is -0.140. The fourth-order valence-electron chi connectivity index (χ4n) is 3.73. The van der Waals surface area contributed by atoms with Crippen LogP contribution in [0.4, 0.5) is 0 Å². The van der Waals surface area contributed by atoms with Crippen molar-refractivity contribution in [3.8, 4) is 0 Å². The van der Waals surface area contributed by atoms with Gasteiger partial charge >= 0.3 is 0 Å². The second-order valence-electron chi connectivity index (χ2n) is 6.82. The molecule has 1 saturated heterocycles. The van der Waals surface area contributed by atoms with Gasteiger partial charge in [-0.05, 0) is 42.4 Å². The number of carbonyl (C=O) groups is 1. The van der Waals surface area contributed by atoms with Crippen molar-refractivity contribution in [1.29, 1.82) is 0 Å². The third-order valence-corrected chi connectivity index (χ3v) is 5.04. The fourth-order valence-corrected chi connectivity index (χ4v) is 3.73. The standard InChI is InChI=1S/C19H23N3O3/c1-13-20-21-19(25-13)17-12-24-9-8-22(17)18(23)11-14-6-7-15-4-2-3-5-16(15)10-14/h6-7,10,17H,2-5,8-9,11-12H2,1H3/t17-/m1/s1. The van der Waals surface area contributed by atoms with Crippen LogP contribution in [-0.4, -0.2) is 40.8 Å². The van der Waals surface area contributed by atoms with E-state index in [0.717, 1.165) is 18.4 Å². The number of fused-ring (bicyclic) bond motifs is 1. The molecule has 4 rings (SSSR count). The molecule has 0 spiro atoms. The molecule has 1 aliphatic carbocycles. The van der Waals surface area contributed by atoms with Gasteiger partial charge in [-0.3, -0.25) is 4.79 Å². The molecule has 1 aromatic heterocycles. The average molecular weight is 341 g/mol. The minimum Gasteiger partial charge on any atom is -0.423 e. The molecule has 1 amide bonds. The Kier molecular flexibility index (Phi) is 4.53. The van der Waals surface area contributed by atoms with E-state index in [0.29, 0.717) is 38.0 Å². The maximum absolute atomic E-state index is 12.9. The maximum Gasteiger partial charge on any atom is 0.241 e. The number of hydrogen-bond acceptors (Lipinski definition) is 5. The molecule has 0 unspecified atom stereocenters. The number of ether oxygens (including phenoxy) is 1. The molecule has 25 heavy (non-hydrogen) atoms. The number of amides is 1. The van der Waals surface area contributed by atoms with E-state index < -0.39 is 0 Å². The van der Waals surface area contributed by atoms with Crippen LogP contribution in [0.5, 0.6) is 0 Å². The van der Waals surface area contributed by atoms with Crippen molar-refractivity contribution >= 4 is 5.91 Å². The lowest BCUT2D eigenvalue weighted by Crippen LogP contribution is -2.44. The first-order valence-corrected chi connectivity index (χ1v) is 8.98. The van der Waals surface area contributed by atoms with E-state index in [1.807, 2.05) is 4.90 Å². The zero-order valence-electron chi connectivity index (χ0n) is 14.5. The Bertz CT molecular complexity index is 771. The van der Waals surface area contributed by atoms with Gasteiger partial charge in [0.05, 0.1) is 19.6 Å². The van der Waals surface area contributed by atoms with Crippen LogP contribution in [0.15, 0.2) is 22.6 Å². The van der Waals surface area contributed by atoms with Gasteiger partial charge in [-0.25, -0.2) is 0 Å². The molecule has 0 radical (unpaired) electrons. The quantitative estimate of drug-likeness (QED) is 0.857. The molecule has 1 fully saturated rings. The van der Waals surface area contributed by atoms with Crippen molar-refractivity contribution in [3.63, 3.8) is 0 Å². The first kappa shape index (κ1) is 16.3. The van der Waals surface area contributed by atoms with Crippen LogP contribution in [0.1, 0.15) is 47.4 Å². The van der Waals surface area contributed by atoms with Crippen LogP contribution in [0.2, 0.25) is 0 Å².